The maximum Gasteiger partial charge on any atom is 0.231 e. The molecule has 126 valence electrons. The maximum atomic E-state index is 9.96. The van der Waals surface area contributed by atoms with Gasteiger partial charge in [-0.2, -0.15) is 0 Å². The van der Waals surface area contributed by atoms with Crippen LogP contribution in [0.1, 0.15) is 22.8 Å². The molecule has 0 saturated carbocycles. The fourth-order valence-electron chi connectivity index (χ4n) is 2.92. The molecule has 0 aliphatic carbocycles. The molecule has 2 atom stereocenters. The van der Waals surface area contributed by atoms with Gasteiger partial charge in [-0.1, -0.05) is 18.2 Å². The zero-order valence-electron chi connectivity index (χ0n) is 14.0. The zero-order chi connectivity index (χ0) is 17.4. The Morgan fingerprint density at radius 2 is 1.72 bits per heavy atom. The van der Waals surface area contributed by atoms with E-state index in [-0.39, 0.29) is 12.4 Å². The lowest BCUT2D eigenvalue weighted by molar-refractivity contribution is 0.177. The van der Waals surface area contributed by atoms with Crippen LogP contribution in [0.15, 0.2) is 55.1 Å². The molecule has 0 bridgehead atoms. The quantitative estimate of drug-likeness (QED) is 0.732. The molecule has 1 aliphatic heterocycles. The van der Waals surface area contributed by atoms with E-state index in [9.17, 15) is 5.11 Å². The van der Waals surface area contributed by atoms with Crippen molar-refractivity contribution < 1.29 is 14.6 Å². The average molecular weight is 334 g/mol. The van der Waals surface area contributed by atoms with Gasteiger partial charge in [-0.05, 0) is 59.9 Å². The molecule has 25 heavy (non-hydrogen) atoms. The van der Waals surface area contributed by atoms with E-state index in [1.165, 1.54) is 6.33 Å². The molecular formula is C20H18N2O3. The number of phenols is 1. The van der Waals surface area contributed by atoms with Crippen LogP contribution < -0.4 is 4.74 Å². The van der Waals surface area contributed by atoms with Gasteiger partial charge in [0.25, 0.3) is 0 Å². The number of epoxide rings is 1. The minimum atomic E-state index is -0.315. The summed E-state index contributed by atoms with van der Waals surface area (Å²) in [6, 6.07) is 12.2. The lowest BCUT2D eigenvalue weighted by Gasteiger charge is -2.09. The first-order valence-electron chi connectivity index (χ1n) is 8.09. The highest BCUT2D eigenvalue weighted by Gasteiger charge is 2.43. The van der Waals surface area contributed by atoms with Crippen molar-refractivity contribution in [3.05, 3.63) is 71.8 Å². The number of aryl methyl sites for hydroxylation is 2. The lowest BCUT2D eigenvalue weighted by Crippen LogP contribution is -2.00. The number of benzene rings is 2. The molecule has 1 aliphatic rings. The number of hydrogen-bond acceptors (Lipinski definition) is 5. The Labute approximate surface area is 145 Å². The van der Waals surface area contributed by atoms with E-state index < -0.39 is 0 Å². The topological polar surface area (TPSA) is 67.8 Å². The highest BCUT2D eigenvalue weighted by molar-refractivity contribution is 5.68. The van der Waals surface area contributed by atoms with Crippen LogP contribution in [0.5, 0.6) is 11.5 Å². The van der Waals surface area contributed by atoms with Crippen LogP contribution in [-0.2, 0) is 4.74 Å². The third-order valence-corrected chi connectivity index (χ3v) is 4.28. The predicted molar refractivity (Wildman–Crippen MR) is 93.3 cm³/mol. The van der Waals surface area contributed by atoms with E-state index in [1.54, 1.807) is 12.4 Å². The second kappa shape index (κ2) is 6.18. The van der Waals surface area contributed by atoms with Gasteiger partial charge in [0.1, 0.15) is 18.2 Å². The van der Waals surface area contributed by atoms with Gasteiger partial charge in [0.2, 0.25) is 6.29 Å². The first kappa shape index (κ1) is 15.6. The molecule has 2 aromatic carbocycles. The number of nitrogens with zero attached hydrogens (tertiary/aromatic N) is 2. The summed E-state index contributed by atoms with van der Waals surface area (Å²) in [5.74, 6) is 0.944. The fourth-order valence-corrected chi connectivity index (χ4v) is 2.92. The van der Waals surface area contributed by atoms with Gasteiger partial charge in [0, 0.05) is 0 Å². The van der Waals surface area contributed by atoms with Gasteiger partial charge in [-0.15, -0.1) is 0 Å². The molecule has 2 unspecified atom stereocenters. The number of hydrogen-bond donors (Lipinski definition) is 1. The summed E-state index contributed by atoms with van der Waals surface area (Å²) in [6.07, 6.45) is 4.28. The van der Waals surface area contributed by atoms with Crippen LogP contribution in [0.25, 0.3) is 11.1 Å². The predicted octanol–water partition coefficient (Wildman–Crippen LogP) is 3.94. The third kappa shape index (κ3) is 3.19. The van der Waals surface area contributed by atoms with E-state index in [2.05, 4.69) is 22.1 Å². The molecular weight excluding hydrogens is 316 g/mol. The average Bonchev–Trinajstić information content (AvgIpc) is 3.39. The highest BCUT2D eigenvalue weighted by atomic mass is 16.8. The van der Waals surface area contributed by atoms with Crippen LogP contribution in [-0.4, -0.2) is 21.4 Å². The van der Waals surface area contributed by atoms with Gasteiger partial charge >= 0.3 is 0 Å². The number of ether oxygens (including phenoxy) is 2. The number of aromatic nitrogens is 2. The molecule has 5 nitrogen and oxygen atoms in total. The summed E-state index contributed by atoms with van der Waals surface area (Å²) in [7, 11) is 0. The van der Waals surface area contributed by atoms with Crippen molar-refractivity contribution in [1.82, 2.24) is 9.97 Å². The Hall–Kier alpha value is -2.92. The lowest BCUT2D eigenvalue weighted by atomic mass is 9.98. The molecule has 1 N–H and O–H groups in total. The second-order valence-electron chi connectivity index (χ2n) is 6.20. The van der Waals surface area contributed by atoms with E-state index in [1.807, 2.05) is 38.1 Å². The van der Waals surface area contributed by atoms with Crippen LogP contribution in [0.3, 0.4) is 0 Å². The van der Waals surface area contributed by atoms with Crippen LogP contribution in [0.2, 0.25) is 0 Å². The molecule has 2 heterocycles. The van der Waals surface area contributed by atoms with Gasteiger partial charge in [0.15, 0.2) is 5.75 Å². The van der Waals surface area contributed by atoms with Crippen LogP contribution in [0.4, 0.5) is 0 Å². The summed E-state index contributed by atoms with van der Waals surface area (Å²) in [5, 5.41) is 9.96. The Kier molecular flexibility index (Phi) is 3.86. The Morgan fingerprint density at radius 3 is 2.44 bits per heavy atom. The molecule has 1 aromatic heterocycles. The van der Waals surface area contributed by atoms with Gasteiger partial charge < -0.3 is 14.6 Å². The van der Waals surface area contributed by atoms with Gasteiger partial charge in [0.05, 0.1) is 12.4 Å². The van der Waals surface area contributed by atoms with Crippen molar-refractivity contribution in [3.8, 4) is 22.6 Å². The summed E-state index contributed by atoms with van der Waals surface area (Å²) in [6.45, 7) is 3.82. The second-order valence-corrected chi connectivity index (χ2v) is 6.20. The maximum absolute atomic E-state index is 9.96. The SMILES string of the molecule is Cc1cc(-c2cccc(C3OC3Oc3cncnc3)c2)cc(C)c1O. The fraction of sp³-hybridized carbons (Fsp3) is 0.200. The van der Waals surface area contributed by atoms with Crippen molar-refractivity contribution in [3.63, 3.8) is 0 Å². The minimum Gasteiger partial charge on any atom is -0.507 e. The summed E-state index contributed by atoms with van der Waals surface area (Å²) < 4.78 is 11.4. The Morgan fingerprint density at radius 1 is 1.00 bits per heavy atom. The van der Waals surface area contributed by atoms with E-state index >= 15 is 0 Å². The molecule has 0 amide bonds. The smallest absolute Gasteiger partial charge is 0.231 e. The van der Waals surface area contributed by atoms with E-state index in [0.717, 1.165) is 27.8 Å². The summed E-state index contributed by atoms with van der Waals surface area (Å²) in [4.78, 5) is 7.86. The van der Waals surface area contributed by atoms with Crippen molar-refractivity contribution >= 4 is 0 Å². The monoisotopic (exact) mass is 334 g/mol. The van der Waals surface area contributed by atoms with Crippen molar-refractivity contribution in [2.75, 3.05) is 0 Å². The number of phenolic OH excluding ortho intramolecular Hbond substituents is 1. The van der Waals surface area contributed by atoms with E-state index in [4.69, 9.17) is 9.47 Å². The largest absolute Gasteiger partial charge is 0.507 e. The molecule has 0 radical (unpaired) electrons. The number of rotatable bonds is 4. The van der Waals surface area contributed by atoms with Gasteiger partial charge in [-0.3, -0.25) is 0 Å². The number of aromatic hydroxyl groups is 1. The zero-order valence-corrected chi connectivity index (χ0v) is 14.0. The van der Waals surface area contributed by atoms with Gasteiger partial charge in [-0.25, -0.2) is 9.97 Å². The molecule has 1 saturated heterocycles. The van der Waals surface area contributed by atoms with Crippen molar-refractivity contribution in [2.45, 2.75) is 26.2 Å². The third-order valence-electron chi connectivity index (χ3n) is 4.28. The van der Waals surface area contributed by atoms with E-state index in [0.29, 0.717) is 11.5 Å². The summed E-state index contributed by atoms with van der Waals surface area (Å²) >= 11 is 0. The first-order valence-corrected chi connectivity index (χ1v) is 8.09. The molecule has 3 aromatic rings. The first-order chi connectivity index (χ1) is 12.1. The van der Waals surface area contributed by atoms with Crippen LogP contribution in [0, 0.1) is 13.8 Å². The minimum absolute atomic E-state index is 0.0977. The molecule has 5 heteroatoms. The van der Waals surface area contributed by atoms with Crippen LogP contribution >= 0.6 is 0 Å². The molecule has 1 fully saturated rings. The molecule has 0 spiro atoms. The standard InChI is InChI=1S/C20H18N2O3/c1-12-6-16(7-13(2)18(12)23)14-4-3-5-15(8-14)19-20(25-19)24-17-9-21-11-22-10-17/h3-11,19-20,23H,1-2H3. The Balaban J connectivity index is 1.55. The van der Waals surface area contributed by atoms with Crippen molar-refractivity contribution in [2.24, 2.45) is 0 Å². The molecule has 4 rings (SSSR count). The Bertz CT molecular complexity index is 889. The summed E-state index contributed by atoms with van der Waals surface area (Å²) in [5.41, 5.74) is 4.95. The van der Waals surface area contributed by atoms with Crippen molar-refractivity contribution in [1.29, 1.82) is 0 Å². The highest BCUT2D eigenvalue weighted by Crippen LogP contribution is 2.41. The normalized spacial score (nSPS) is 18.8.